The quantitative estimate of drug-likeness (QED) is 0.757. The molecule has 90 valence electrons. The van der Waals surface area contributed by atoms with Crippen LogP contribution in [0.3, 0.4) is 0 Å². The summed E-state index contributed by atoms with van der Waals surface area (Å²) in [6, 6.07) is 7.68. The molecule has 0 saturated carbocycles. The second kappa shape index (κ2) is 6.59. The number of anilines is 1. The monoisotopic (exact) mass is 230 g/mol. The Morgan fingerprint density at radius 3 is 2.82 bits per heavy atom. The molecular formula is C14H18N2O. The standard InChI is InChI=1S/C14H18N2O/c1-4-10-15-14(17)11(3)16-13-9-7-6-8-12(13)5-2/h1,6-9,11,16H,5,10H2,2-3H3,(H,15,17). The van der Waals surface area contributed by atoms with Crippen LogP contribution in [0, 0.1) is 12.3 Å². The summed E-state index contributed by atoms with van der Waals surface area (Å²) in [6.07, 6.45) is 6.02. The van der Waals surface area contributed by atoms with Crippen molar-refractivity contribution in [2.24, 2.45) is 0 Å². The number of rotatable bonds is 5. The molecule has 0 aliphatic rings. The van der Waals surface area contributed by atoms with Crippen molar-refractivity contribution >= 4 is 11.6 Å². The Morgan fingerprint density at radius 1 is 1.47 bits per heavy atom. The number of hydrogen-bond acceptors (Lipinski definition) is 2. The first-order chi connectivity index (χ1) is 8.19. The van der Waals surface area contributed by atoms with Crippen LogP contribution in [0.25, 0.3) is 0 Å². The van der Waals surface area contributed by atoms with Gasteiger partial charge in [0.15, 0.2) is 0 Å². The summed E-state index contributed by atoms with van der Waals surface area (Å²) >= 11 is 0. The maximum atomic E-state index is 11.6. The van der Waals surface area contributed by atoms with Crippen LogP contribution in [0.5, 0.6) is 0 Å². The van der Waals surface area contributed by atoms with Crippen LogP contribution >= 0.6 is 0 Å². The third-order valence-electron chi connectivity index (χ3n) is 2.53. The highest BCUT2D eigenvalue weighted by molar-refractivity contribution is 5.84. The average molecular weight is 230 g/mol. The molecule has 3 nitrogen and oxygen atoms in total. The summed E-state index contributed by atoms with van der Waals surface area (Å²) in [5, 5.41) is 5.84. The fourth-order valence-corrected chi connectivity index (χ4v) is 1.56. The molecule has 1 aromatic rings. The molecule has 0 heterocycles. The maximum Gasteiger partial charge on any atom is 0.242 e. The molecule has 0 saturated heterocycles. The van der Waals surface area contributed by atoms with Crippen LogP contribution in [-0.4, -0.2) is 18.5 Å². The summed E-state index contributed by atoms with van der Waals surface area (Å²) < 4.78 is 0. The minimum atomic E-state index is -0.295. The van der Waals surface area contributed by atoms with Crippen LogP contribution in [0.4, 0.5) is 5.69 Å². The van der Waals surface area contributed by atoms with Gasteiger partial charge in [-0.2, -0.15) is 0 Å². The number of hydrogen-bond donors (Lipinski definition) is 2. The van der Waals surface area contributed by atoms with Gasteiger partial charge >= 0.3 is 0 Å². The molecule has 1 atom stereocenters. The van der Waals surface area contributed by atoms with Gasteiger partial charge in [-0.05, 0) is 25.0 Å². The lowest BCUT2D eigenvalue weighted by atomic mass is 10.1. The van der Waals surface area contributed by atoms with E-state index in [1.165, 1.54) is 5.56 Å². The van der Waals surface area contributed by atoms with Crippen molar-refractivity contribution in [3.63, 3.8) is 0 Å². The Hall–Kier alpha value is -1.95. The van der Waals surface area contributed by atoms with Gasteiger partial charge in [-0.1, -0.05) is 31.0 Å². The summed E-state index contributed by atoms with van der Waals surface area (Å²) in [5.74, 6) is 2.29. The van der Waals surface area contributed by atoms with Gasteiger partial charge < -0.3 is 10.6 Å². The van der Waals surface area contributed by atoms with E-state index in [1.54, 1.807) is 0 Å². The first-order valence-corrected chi connectivity index (χ1v) is 5.74. The van der Waals surface area contributed by atoms with Gasteiger partial charge in [0.25, 0.3) is 0 Å². The second-order valence-corrected chi connectivity index (χ2v) is 3.80. The first-order valence-electron chi connectivity index (χ1n) is 5.74. The third kappa shape index (κ3) is 3.84. The van der Waals surface area contributed by atoms with Crippen molar-refractivity contribution in [2.75, 3.05) is 11.9 Å². The summed E-state index contributed by atoms with van der Waals surface area (Å²) in [5.41, 5.74) is 2.20. The lowest BCUT2D eigenvalue weighted by molar-refractivity contribution is -0.121. The minimum Gasteiger partial charge on any atom is -0.374 e. The molecule has 17 heavy (non-hydrogen) atoms. The topological polar surface area (TPSA) is 41.1 Å². The molecule has 1 aromatic carbocycles. The number of nitrogens with one attached hydrogen (secondary N) is 2. The summed E-state index contributed by atoms with van der Waals surface area (Å²) in [7, 11) is 0. The van der Waals surface area contributed by atoms with Crippen molar-refractivity contribution < 1.29 is 4.79 Å². The van der Waals surface area contributed by atoms with Crippen LogP contribution < -0.4 is 10.6 Å². The Kier molecular flexibility index (Phi) is 5.09. The predicted octanol–water partition coefficient (Wildman–Crippen LogP) is 1.80. The molecular weight excluding hydrogens is 212 g/mol. The highest BCUT2D eigenvalue weighted by atomic mass is 16.2. The molecule has 1 amide bonds. The van der Waals surface area contributed by atoms with E-state index in [-0.39, 0.29) is 18.5 Å². The number of aryl methyl sites for hydroxylation is 1. The van der Waals surface area contributed by atoms with E-state index >= 15 is 0 Å². The predicted molar refractivity (Wildman–Crippen MR) is 70.7 cm³/mol. The van der Waals surface area contributed by atoms with E-state index < -0.39 is 0 Å². The number of terminal acetylenes is 1. The molecule has 1 rings (SSSR count). The maximum absolute atomic E-state index is 11.6. The largest absolute Gasteiger partial charge is 0.374 e. The van der Waals surface area contributed by atoms with E-state index in [0.717, 1.165) is 12.1 Å². The van der Waals surface area contributed by atoms with Crippen molar-refractivity contribution in [1.82, 2.24) is 5.32 Å². The molecule has 0 spiro atoms. The second-order valence-electron chi connectivity index (χ2n) is 3.80. The average Bonchev–Trinajstić information content (AvgIpc) is 2.36. The molecule has 2 N–H and O–H groups in total. The Bertz CT molecular complexity index is 420. The molecule has 1 unspecified atom stereocenters. The zero-order valence-electron chi connectivity index (χ0n) is 10.3. The smallest absolute Gasteiger partial charge is 0.242 e. The molecule has 0 aromatic heterocycles. The van der Waals surface area contributed by atoms with Crippen LogP contribution in [0.1, 0.15) is 19.4 Å². The van der Waals surface area contributed by atoms with E-state index in [4.69, 9.17) is 6.42 Å². The summed E-state index contributed by atoms with van der Waals surface area (Å²) in [6.45, 7) is 4.17. The third-order valence-corrected chi connectivity index (χ3v) is 2.53. The van der Waals surface area contributed by atoms with Crippen molar-refractivity contribution in [2.45, 2.75) is 26.3 Å². The molecule has 0 radical (unpaired) electrons. The highest BCUT2D eigenvalue weighted by Gasteiger charge is 2.12. The fraction of sp³-hybridized carbons (Fsp3) is 0.357. The number of para-hydroxylation sites is 1. The lowest BCUT2D eigenvalue weighted by Crippen LogP contribution is -2.37. The van der Waals surface area contributed by atoms with Crippen LogP contribution in [0.2, 0.25) is 0 Å². The molecule has 0 aliphatic heterocycles. The van der Waals surface area contributed by atoms with E-state index in [1.807, 2.05) is 31.2 Å². The van der Waals surface area contributed by atoms with Gasteiger partial charge in [0.2, 0.25) is 5.91 Å². The summed E-state index contributed by atoms with van der Waals surface area (Å²) in [4.78, 5) is 11.6. The first kappa shape index (κ1) is 13.1. The normalized spacial score (nSPS) is 11.4. The van der Waals surface area contributed by atoms with E-state index in [9.17, 15) is 4.79 Å². The van der Waals surface area contributed by atoms with Gasteiger partial charge in [-0.25, -0.2) is 0 Å². The zero-order chi connectivity index (χ0) is 12.7. The fourth-order valence-electron chi connectivity index (χ4n) is 1.56. The van der Waals surface area contributed by atoms with Gasteiger partial charge in [0.05, 0.1) is 6.54 Å². The van der Waals surface area contributed by atoms with Crippen LogP contribution in [-0.2, 0) is 11.2 Å². The number of carbonyl (C=O) groups excluding carboxylic acids is 1. The Balaban J connectivity index is 2.64. The zero-order valence-corrected chi connectivity index (χ0v) is 10.3. The molecule has 0 bridgehead atoms. The highest BCUT2D eigenvalue weighted by Crippen LogP contribution is 2.16. The lowest BCUT2D eigenvalue weighted by Gasteiger charge is -2.16. The molecule has 0 fully saturated rings. The SMILES string of the molecule is C#CCNC(=O)C(C)Nc1ccccc1CC. The Labute approximate surface area is 103 Å². The van der Waals surface area contributed by atoms with Gasteiger partial charge in [0, 0.05) is 5.69 Å². The van der Waals surface area contributed by atoms with Gasteiger partial charge in [-0.3, -0.25) is 4.79 Å². The number of benzene rings is 1. The Morgan fingerprint density at radius 2 is 2.18 bits per heavy atom. The van der Waals surface area contributed by atoms with E-state index in [0.29, 0.717) is 0 Å². The van der Waals surface area contributed by atoms with E-state index in [2.05, 4.69) is 23.5 Å². The van der Waals surface area contributed by atoms with Crippen molar-refractivity contribution in [1.29, 1.82) is 0 Å². The van der Waals surface area contributed by atoms with Crippen molar-refractivity contribution in [3.05, 3.63) is 29.8 Å². The minimum absolute atomic E-state index is 0.0890. The molecule has 0 aliphatic carbocycles. The van der Waals surface area contributed by atoms with Gasteiger partial charge in [0.1, 0.15) is 6.04 Å². The van der Waals surface area contributed by atoms with Gasteiger partial charge in [-0.15, -0.1) is 6.42 Å². The van der Waals surface area contributed by atoms with Crippen LogP contribution in [0.15, 0.2) is 24.3 Å². The number of carbonyl (C=O) groups is 1. The van der Waals surface area contributed by atoms with Crippen molar-refractivity contribution in [3.8, 4) is 12.3 Å². The number of amides is 1. The molecule has 3 heteroatoms.